The maximum atomic E-state index is 6.02. The summed E-state index contributed by atoms with van der Waals surface area (Å²) >= 11 is 0. The lowest BCUT2D eigenvalue weighted by Gasteiger charge is -2.28. The summed E-state index contributed by atoms with van der Waals surface area (Å²) in [6, 6.07) is 33.4. The molecular weight excluding hydrogens is 387 g/mol. The Balaban J connectivity index is 1.62. The molecule has 0 radical (unpaired) electrons. The van der Waals surface area contributed by atoms with Crippen molar-refractivity contribution in [3.8, 4) is 0 Å². The van der Waals surface area contributed by atoms with Crippen LogP contribution in [-0.2, 0) is 9.47 Å². The van der Waals surface area contributed by atoms with Crippen LogP contribution in [0.25, 0.3) is 0 Å². The molecule has 1 saturated heterocycles. The van der Waals surface area contributed by atoms with Gasteiger partial charge in [0, 0.05) is 0 Å². The van der Waals surface area contributed by atoms with E-state index in [0.717, 1.165) is 12.8 Å². The zero-order valence-electron chi connectivity index (χ0n) is 18.0. The minimum Gasteiger partial charge on any atom is -0.348 e. The first-order chi connectivity index (χ1) is 14.6. The van der Waals surface area contributed by atoms with E-state index < -0.39 is 13.0 Å². The van der Waals surface area contributed by atoms with Crippen LogP contribution >= 0.6 is 7.26 Å². The molecule has 1 aliphatic rings. The highest BCUT2D eigenvalue weighted by molar-refractivity contribution is 7.95. The van der Waals surface area contributed by atoms with E-state index in [1.165, 1.54) is 28.5 Å². The van der Waals surface area contributed by atoms with Gasteiger partial charge in [-0.15, -0.1) is 0 Å². The average Bonchev–Trinajstić information content (AvgIpc) is 3.14. The standard InChI is InChI=1S/C27H32O2P/c1-27(2)28-22-23(29-27)14-12-13-21-30(24-15-6-3-7-16-24,25-17-8-4-9-18-25)26-19-10-5-11-20-26/h3-11,15-20,23H,12-14,21-22H2,1-2H3/q+1/t23-/m1/s1. The molecule has 2 nitrogen and oxygen atoms in total. The largest absolute Gasteiger partial charge is 0.348 e. The Morgan fingerprint density at radius 2 is 1.20 bits per heavy atom. The van der Waals surface area contributed by atoms with E-state index >= 15 is 0 Å². The molecule has 0 N–H and O–H groups in total. The van der Waals surface area contributed by atoms with E-state index in [4.69, 9.17) is 9.47 Å². The zero-order chi connectivity index (χ0) is 20.9. The van der Waals surface area contributed by atoms with Crippen molar-refractivity contribution in [3.63, 3.8) is 0 Å². The van der Waals surface area contributed by atoms with Gasteiger partial charge in [0.15, 0.2) is 5.79 Å². The molecular formula is C27H32O2P+. The van der Waals surface area contributed by atoms with Gasteiger partial charge in [-0.25, -0.2) is 0 Å². The molecule has 0 bridgehead atoms. The Morgan fingerprint density at radius 3 is 1.60 bits per heavy atom. The van der Waals surface area contributed by atoms with Gasteiger partial charge in [0.2, 0.25) is 0 Å². The summed E-state index contributed by atoms with van der Waals surface area (Å²) in [5.41, 5.74) is 0. The smallest absolute Gasteiger partial charge is 0.163 e. The maximum absolute atomic E-state index is 6.02. The third kappa shape index (κ3) is 4.67. The van der Waals surface area contributed by atoms with Crippen LogP contribution in [0.5, 0.6) is 0 Å². The molecule has 30 heavy (non-hydrogen) atoms. The minimum atomic E-state index is -1.71. The van der Waals surface area contributed by atoms with Crippen LogP contribution in [0.1, 0.15) is 33.1 Å². The fourth-order valence-corrected chi connectivity index (χ4v) is 8.92. The molecule has 1 fully saturated rings. The van der Waals surface area contributed by atoms with Gasteiger partial charge in [0.1, 0.15) is 23.2 Å². The van der Waals surface area contributed by atoms with E-state index in [-0.39, 0.29) is 6.10 Å². The van der Waals surface area contributed by atoms with E-state index in [1.54, 1.807) is 0 Å². The van der Waals surface area contributed by atoms with Gasteiger partial charge >= 0.3 is 0 Å². The number of ether oxygens (including phenoxy) is 2. The molecule has 3 aromatic rings. The van der Waals surface area contributed by atoms with Gasteiger partial charge in [-0.05, 0) is 69.5 Å². The predicted molar refractivity (Wildman–Crippen MR) is 129 cm³/mol. The number of rotatable bonds is 8. The van der Waals surface area contributed by atoms with Crippen LogP contribution in [0.4, 0.5) is 0 Å². The molecule has 3 aromatic carbocycles. The van der Waals surface area contributed by atoms with Crippen molar-refractivity contribution in [1.82, 2.24) is 0 Å². The average molecular weight is 420 g/mol. The third-order valence-electron chi connectivity index (χ3n) is 5.93. The second-order valence-corrected chi connectivity index (χ2v) is 12.1. The lowest BCUT2D eigenvalue weighted by Crippen LogP contribution is -2.33. The highest BCUT2D eigenvalue weighted by atomic mass is 31.2. The van der Waals surface area contributed by atoms with Crippen molar-refractivity contribution in [2.24, 2.45) is 0 Å². The summed E-state index contributed by atoms with van der Waals surface area (Å²) < 4.78 is 11.8. The van der Waals surface area contributed by atoms with Crippen molar-refractivity contribution in [3.05, 3.63) is 91.0 Å². The number of unbranched alkanes of at least 4 members (excludes halogenated alkanes) is 1. The lowest BCUT2D eigenvalue weighted by molar-refractivity contribution is -0.139. The van der Waals surface area contributed by atoms with E-state index in [0.29, 0.717) is 6.61 Å². The molecule has 4 rings (SSSR count). The highest BCUT2D eigenvalue weighted by Crippen LogP contribution is 2.56. The summed E-state index contributed by atoms with van der Waals surface area (Å²) in [6.07, 6.45) is 4.77. The SMILES string of the molecule is CC1(C)OC[C@@H](CCCC[P+](c2ccccc2)(c2ccccc2)c2ccccc2)O1. The number of benzene rings is 3. The molecule has 0 aromatic heterocycles. The quantitative estimate of drug-likeness (QED) is 0.364. The molecule has 0 aliphatic carbocycles. The Kier molecular flexibility index (Phi) is 6.68. The van der Waals surface area contributed by atoms with Crippen LogP contribution in [0, 0.1) is 0 Å². The lowest BCUT2D eigenvalue weighted by atomic mass is 10.2. The van der Waals surface area contributed by atoms with Crippen LogP contribution in [0.15, 0.2) is 91.0 Å². The normalized spacial score (nSPS) is 18.4. The Morgan fingerprint density at radius 1 is 0.733 bits per heavy atom. The Labute approximate surface area is 181 Å². The van der Waals surface area contributed by atoms with Crippen LogP contribution in [-0.4, -0.2) is 24.7 Å². The van der Waals surface area contributed by atoms with Crippen molar-refractivity contribution >= 4 is 23.2 Å². The van der Waals surface area contributed by atoms with Gasteiger partial charge in [0.25, 0.3) is 0 Å². The summed E-state index contributed by atoms with van der Waals surface area (Å²) in [6.45, 7) is 4.72. The molecule has 0 amide bonds. The van der Waals surface area contributed by atoms with Crippen LogP contribution in [0.3, 0.4) is 0 Å². The first-order valence-electron chi connectivity index (χ1n) is 11.0. The third-order valence-corrected chi connectivity index (χ3v) is 10.5. The van der Waals surface area contributed by atoms with Crippen molar-refractivity contribution in [1.29, 1.82) is 0 Å². The first-order valence-corrected chi connectivity index (χ1v) is 12.9. The van der Waals surface area contributed by atoms with Gasteiger partial charge in [-0.1, -0.05) is 54.6 Å². The van der Waals surface area contributed by atoms with Crippen LogP contribution in [0.2, 0.25) is 0 Å². The van der Waals surface area contributed by atoms with Crippen molar-refractivity contribution in [2.45, 2.75) is 45.0 Å². The molecule has 1 atom stereocenters. The second-order valence-electron chi connectivity index (χ2n) is 8.49. The van der Waals surface area contributed by atoms with Crippen LogP contribution < -0.4 is 15.9 Å². The topological polar surface area (TPSA) is 18.5 Å². The molecule has 3 heteroatoms. The summed E-state index contributed by atoms with van der Waals surface area (Å²) in [5.74, 6) is -0.431. The molecule has 156 valence electrons. The van der Waals surface area contributed by atoms with E-state index in [9.17, 15) is 0 Å². The van der Waals surface area contributed by atoms with Gasteiger partial charge in [-0.2, -0.15) is 0 Å². The summed E-state index contributed by atoms with van der Waals surface area (Å²) in [7, 11) is -1.71. The molecule has 0 spiro atoms. The van der Waals surface area contributed by atoms with E-state index in [2.05, 4.69) is 91.0 Å². The Hall–Kier alpha value is -1.99. The van der Waals surface area contributed by atoms with Crippen molar-refractivity contribution in [2.75, 3.05) is 12.8 Å². The van der Waals surface area contributed by atoms with E-state index in [1.807, 2.05) is 13.8 Å². The Bertz CT molecular complexity index is 813. The number of hydrogen-bond acceptors (Lipinski definition) is 2. The summed E-state index contributed by atoms with van der Waals surface area (Å²) in [4.78, 5) is 0. The summed E-state index contributed by atoms with van der Waals surface area (Å²) in [5, 5.41) is 4.39. The second kappa shape index (κ2) is 9.43. The fourth-order valence-electron chi connectivity index (χ4n) is 4.51. The maximum Gasteiger partial charge on any atom is 0.163 e. The molecule has 0 saturated carbocycles. The zero-order valence-corrected chi connectivity index (χ0v) is 18.9. The molecule has 1 heterocycles. The van der Waals surface area contributed by atoms with Gasteiger partial charge in [0.05, 0.1) is 18.9 Å². The fraction of sp³-hybridized carbons (Fsp3) is 0.333. The highest BCUT2D eigenvalue weighted by Gasteiger charge is 2.44. The van der Waals surface area contributed by atoms with Gasteiger partial charge < -0.3 is 9.47 Å². The molecule has 0 unspecified atom stereocenters. The van der Waals surface area contributed by atoms with Crippen molar-refractivity contribution < 1.29 is 9.47 Å². The minimum absolute atomic E-state index is 0.220. The monoisotopic (exact) mass is 419 g/mol. The predicted octanol–water partition coefficient (Wildman–Crippen LogP) is 5.30. The molecule has 1 aliphatic heterocycles. The first kappa shape index (κ1) is 21.2. The number of hydrogen-bond donors (Lipinski definition) is 0. The van der Waals surface area contributed by atoms with Gasteiger partial charge in [-0.3, -0.25) is 0 Å².